The molecule has 0 fully saturated rings. The van der Waals surface area contributed by atoms with Gasteiger partial charge < -0.3 is 35.4 Å². The van der Waals surface area contributed by atoms with Gasteiger partial charge in [-0.1, -0.05) is 30.4 Å². The van der Waals surface area contributed by atoms with Crippen molar-refractivity contribution in [1.29, 1.82) is 0 Å². The molecule has 0 amide bonds. The van der Waals surface area contributed by atoms with Crippen molar-refractivity contribution in [3.8, 4) is 17.3 Å². The van der Waals surface area contributed by atoms with E-state index in [4.69, 9.17) is 25.2 Å². The van der Waals surface area contributed by atoms with Crippen molar-refractivity contribution < 1.29 is 14.6 Å². The number of anilines is 3. The van der Waals surface area contributed by atoms with Crippen molar-refractivity contribution in [2.24, 2.45) is 0 Å². The number of hydrogen-bond donors (Lipinski definition) is 3. The van der Waals surface area contributed by atoms with E-state index in [0.29, 0.717) is 61.1 Å². The highest BCUT2D eigenvalue weighted by Gasteiger charge is 2.26. The number of nitrogens with one attached hydrogen (secondary N) is 1. The molecule has 3 aromatic heterocycles. The first-order valence-electron chi connectivity index (χ1n) is 16.6. The topological polar surface area (TPSA) is 149 Å². The number of aromatic nitrogens is 5. The van der Waals surface area contributed by atoms with Crippen LogP contribution in [0.3, 0.4) is 0 Å². The van der Waals surface area contributed by atoms with Crippen LogP contribution in [0.2, 0.25) is 0 Å². The van der Waals surface area contributed by atoms with Gasteiger partial charge in [0.05, 0.1) is 12.2 Å². The lowest BCUT2D eigenvalue weighted by atomic mass is 9.95. The Morgan fingerprint density at radius 2 is 1.60 bits per heavy atom. The van der Waals surface area contributed by atoms with E-state index in [9.17, 15) is 9.90 Å². The number of hydrogen-bond acceptors (Lipinski definition) is 11. The van der Waals surface area contributed by atoms with Crippen LogP contribution in [0.1, 0.15) is 25.5 Å². The maximum Gasteiger partial charge on any atom is 0.278 e. The molecule has 4 heterocycles. The lowest BCUT2D eigenvalue weighted by molar-refractivity contribution is 0.0443. The minimum Gasteiger partial charge on any atom is -0.492 e. The van der Waals surface area contributed by atoms with Crippen LogP contribution in [-0.4, -0.2) is 93.7 Å². The van der Waals surface area contributed by atoms with E-state index in [0.717, 1.165) is 36.0 Å². The van der Waals surface area contributed by atoms with Crippen molar-refractivity contribution in [1.82, 2.24) is 34.1 Å². The van der Waals surface area contributed by atoms with Crippen LogP contribution >= 0.6 is 0 Å². The van der Waals surface area contributed by atoms with Crippen LogP contribution in [0, 0.1) is 0 Å². The zero-order chi connectivity index (χ0) is 35.7. The summed E-state index contributed by atoms with van der Waals surface area (Å²) >= 11 is 0. The van der Waals surface area contributed by atoms with E-state index in [1.165, 1.54) is 6.20 Å². The quantitative estimate of drug-likeness (QED) is 0.142. The van der Waals surface area contributed by atoms with Gasteiger partial charge in [-0.25, -0.2) is 19.3 Å². The molecule has 1 aliphatic rings. The van der Waals surface area contributed by atoms with Gasteiger partial charge in [0.2, 0.25) is 5.95 Å². The highest BCUT2D eigenvalue weighted by molar-refractivity contribution is 5.77. The van der Waals surface area contributed by atoms with Gasteiger partial charge in [0.15, 0.2) is 11.5 Å². The van der Waals surface area contributed by atoms with Gasteiger partial charge in [0.25, 0.3) is 5.56 Å². The lowest BCUT2D eigenvalue weighted by Crippen LogP contribution is -2.24. The minimum atomic E-state index is -1.10. The van der Waals surface area contributed by atoms with Gasteiger partial charge in [-0.3, -0.25) is 4.79 Å². The van der Waals surface area contributed by atoms with E-state index in [1.807, 2.05) is 94.9 Å². The third kappa shape index (κ3) is 9.47. The average Bonchev–Trinajstić information content (AvgIpc) is 3.34. The molecule has 2 aromatic carbocycles. The van der Waals surface area contributed by atoms with Crippen LogP contribution in [0.4, 0.5) is 17.3 Å². The first kappa shape index (κ1) is 36.1. The monoisotopic (exact) mass is 681 g/mol. The first-order valence-corrected chi connectivity index (χ1v) is 16.6. The predicted molar refractivity (Wildman–Crippen MR) is 198 cm³/mol. The summed E-state index contributed by atoms with van der Waals surface area (Å²) in [6, 6.07) is 20.5. The Labute approximate surface area is 292 Å². The first-order chi connectivity index (χ1) is 24.0. The number of pyridine rings is 1. The Morgan fingerprint density at radius 3 is 2.30 bits per heavy atom. The smallest absolute Gasteiger partial charge is 0.278 e. The fraction of sp³-hybridized carbons (Fsp3) is 0.351. The van der Waals surface area contributed by atoms with E-state index in [1.54, 1.807) is 28.4 Å². The van der Waals surface area contributed by atoms with E-state index >= 15 is 0 Å². The molecule has 13 heteroatoms. The summed E-state index contributed by atoms with van der Waals surface area (Å²) in [5.74, 6) is 2.41. The summed E-state index contributed by atoms with van der Waals surface area (Å²) in [4.78, 5) is 31.3. The van der Waals surface area contributed by atoms with Gasteiger partial charge in [-0.05, 0) is 84.4 Å². The molecule has 5 aromatic rings. The summed E-state index contributed by atoms with van der Waals surface area (Å²) in [5.41, 5.74) is 6.77. The Balaban J connectivity index is 0.000000315. The number of allylic oxidation sites excluding steroid dienone is 2. The SMILES string of the molecule is CN(C)CCOc1cccc(N)c1.CN(C)CCOc1cccc(Nc2ncc3c(=O)n4n(c3n2)-c2cccc(n2)[C@@](C)(O)CC/C=C\C4)c1. The molecule has 50 heavy (non-hydrogen) atoms. The van der Waals surface area contributed by atoms with E-state index < -0.39 is 5.60 Å². The second-order valence-electron chi connectivity index (χ2n) is 12.8. The van der Waals surface area contributed by atoms with E-state index in [2.05, 4.69) is 20.1 Å². The normalized spacial score (nSPS) is 16.2. The molecule has 0 saturated heterocycles. The highest BCUT2D eigenvalue weighted by atomic mass is 16.5. The predicted octanol–water partition coefficient (Wildman–Crippen LogP) is 4.43. The maximum absolute atomic E-state index is 13.3. The highest BCUT2D eigenvalue weighted by Crippen LogP contribution is 2.27. The molecule has 2 bridgehead atoms. The third-order valence-electron chi connectivity index (χ3n) is 7.98. The van der Waals surface area contributed by atoms with Crippen LogP contribution in [0.5, 0.6) is 11.5 Å². The fourth-order valence-corrected chi connectivity index (χ4v) is 5.20. The third-order valence-corrected chi connectivity index (χ3v) is 7.98. The molecule has 0 aliphatic carbocycles. The van der Waals surface area contributed by atoms with Crippen molar-refractivity contribution in [2.45, 2.75) is 31.9 Å². The van der Waals surface area contributed by atoms with Gasteiger partial charge in [0.1, 0.15) is 35.7 Å². The largest absolute Gasteiger partial charge is 0.492 e. The fourth-order valence-electron chi connectivity index (χ4n) is 5.20. The molecule has 13 nitrogen and oxygen atoms in total. The molecule has 264 valence electrons. The Bertz CT molecular complexity index is 1970. The zero-order valence-electron chi connectivity index (χ0n) is 29.4. The van der Waals surface area contributed by atoms with Gasteiger partial charge in [-0.15, -0.1) is 0 Å². The molecule has 4 N–H and O–H groups in total. The maximum atomic E-state index is 13.3. The van der Waals surface area contributed by atoms with E-state index in [-0.39, 0.29) is 5.56 Å². The summed E-state index contributed by atoms with van der Waals surface area (Å²) in [5, 5.41) is 14.6. The van der Waals surface area contributed by atoms with Crippen LogP contribution < -0.4 is 26.1 Å². The number of likely N-dealkylation sites (N-methyl/N-ethyl adjacent to an activating group) is 2. The molecular weight excluding hydrogens is 634 g/mol. The lowest BCUT2D eigenvalue weighted by Gasteiger charge is -2.22. The Morgan fingerprint density at radius 1 is 0.920 bits per heavy atom. The zero-order valence-corrected chi connectivity index (χ0v) is 29.4. The number of nitrogens with two attached hydrogens (primary N) is 1. The van der Waals surface area contributed by atoms with Gasteiger partial charge >= 0.3 is 0 Å². The molecule has 6 rings (SSSR count). The van der Waals surface area contributed by atoms with Crippen LogP contribution in [-0.2, 0) is 12.1 Å². The summed E-state index contributed by atoms with van der Waals surface area (Å²) < 4.78 is 14.6. The number of fused-ring (bicyclic) bond motifs is 6. The van der Waals surface area contributed by atoms with Crippen molar-refractivity contribution in [3.63, 3.8) is 0 Å². The summed E-state index contributed by atoms with van der Waals surface area (Å²) in [6.45, 7) is 5.09. The Hall–Kier alpha value is -5.24. The van der Waals surface area contributed by atoms with Crippen molar-refractivity contribution in [2.75, 3.05) is 65.5 Å². The average molecular weight is 682 g/mol. The summed E-state index contributed by atoms with van der Waals surface area (Å²) in [7, 11) is 8.03. The Kier molecular flexibility index (Phi) is 11.9. The minimum absolute atomic E-state index is 0.208. The van der Waals surface area contributed by atoms with Crippen molar-refractivity contribution in [3.05, 3.63) is 101 Å². The molecular formula is C37H47N9O4. The van der Waals surface area contributed by atoms with Gasteiger partial charge in [0, 0.05) is 42.8 Å². The van der Waals surface area contributed by atoms with Gasteiger partial charge in [-0.2, -0.15) is 4.98 Å². The number of rotatable bonds is 10. The summed E-state index contributed by atoms with van der Waals surface area (Å²) in [6.07, 6.45) is 6.63. The molecule has 1 aliphatic heterocycles. The number of ether oxygens (including phenoxy) is 2. The van der Waals surface area contributed by atoms with Crippen molar-refractivity contribution >= 4 is 28.4 Å². The number of nitrogens with zero attached hydrogens (tertiary/aromatic N) is 7. The number of benzene rings is 2. The molecule has 0 radical (unpaired) electrons. The number of nitrogen functional groups attached to an aromatic ring is 1. The second kappa shape index (κ2) is 16.4. The molecule has 0 spiro atoms. The second-order valence-corrected chi connectivity index (χ2v) is 12.8. The number of aliphatic hydroxyl groups is 1. The van der Waals surface area contributed by atoms with Crippen LogP contribution in [0.15, 0.2) is 89.9 Å². The molecule has 0 unspecified atom stereocenters. The standard InChI is InChI=1S/C27H31N7O3.C10H16N2O/c1-27(36)13-5-4-6-14-33-25(35)21-18-28-26(31-24(21)34(33)23-12-8-11-22(27)30-23)29-19-9-7-10-20(17-19)37-16-15-32(2)3;1-12(2)6-7-13-10-5-3-4-9(11)8-10/h4,6-12,17-18,36H,5,13-16H2,1-3H3,(H,28,29,31);3-5,8H,6-7,11H2,1-2H3/b6-4-;/t27-;/m0./s1. The molecule has 1 atom stereocenters. The molecule has 0 saturated carbocycles. The van der Waals surface area contributed by atoms with Crippen LogP contribution in [0.25, 0.3) is 16.9 Å².